The van der Waals surface area contributed by atoms with Crippen LogP contribution in [-0.2, 0) is 0 Å². The Morgan fingerprint density at radius 2 is 1.73 bits per heavy atom. The van der Waals surface area contributed by atoms with Gasteiger partial charge in [0.05, 0.1) is 0 Å². The van der Waals surface area contributed by atoms with E-state index in [1.54, 1.807) is 0 Å². The summed E-state index contributed by atoms with van der Waals surface area (Å²) < 4.78 is 0. The molecule has 0 aliphatic carbocycles. The Labute approximate surface area is 98.6 Å². The smallest absolute Gasteiger partial charge is 0.00103 e. The predicted octanol–water partition coefficient (Wildman–Crippen LogP) is 1.80. The molecular formula is C12H33N3. The molecule has 0 aromatic carbocycles. The van der Waals surface area contributed by atoms with Crippen LogP contribution in [0.1, 0.15) is 36.0 Å². The molecule has 0 heterocycles. The van der Waals surface area contributed by atoms with Crippen LogP contribution in [0.2, 0.25) is 0 Å². The van der Waals surface area contributed by atoms with E-state index >= 15 is 0 Å². The van der Waals surface area contributed by atoms with Crippen LogP contribution in [-0.4, -0.2) is 51.2 Å². The molecule has 0 aromatic rings. The molecule has 0 amide bonds. The van der Waals surface area contributed by atoms with E-state index in [2.05, 4.69) is 36.4 Å². The molecule has 2 N–H and O–H groups in total. The van der Waals surface area contributed by atoms with Crippen molar-refractivity contribution < 1.29 is 2.85 Å². The molecule has 3 nitrogen and oxygen atoms in total. The monoisotopic (exact) mass is 219 g/mol. The topological polar surface area (TPSA) is 27.3 Å². The van der Waals surface area contributed by atoms with Gasteiger partial charge >= 0.3 is 0 Å². The first-order chi connectivity index (χ1) is 7.16. The summed E-state index contributed by atoms with van der Waals surface area (Å²) in [4.78, 5) is 2.43. The van der Waals surface area contributed by atoms with Crippen LogP contribution >= 0.6 is 0 Å². The van der Waals surface area contributed by atoms with Crippen LogP contribution in [0.5, 0.6) is 0 Å². The molecule has 0 atom stereocenters. The molecule has 0 radical (unpaired) electrons. The lowest BCUT2D eigenvalue weighted by atomic mass is 10.3. The zero-order valence-corrected chi connectivity index (χ0v) is 11.0. The van der Waals surface area contributed by atoms with E-state index in [-0.39, 0.29) is 2.85 Å². The molecule has 0 aliphatic rings. The summed E-state index contributed by atoms with van der Waals surface area (Å²) in [6.45, 7) is 9.10. The average Bonchev–Trinajstić information content (AvgIpc) is 2.19. The SMILES string of the molecule is CNCCCCN(C)CCCNC(C)C.[HH].[HH]. The van der Waals surface area contributed by atoms with Crippen molar-refractivity contribution >= 4 is 0 Å². The summed E-state index contributed by atoms with van der Waals surface area (Å²) in [5.41, 5.74) is 0. The lowest BCUT2D eigenvalue weighted by Gasteiger charge is -2.17. The Morgan fingerprint density at radius 1 is 1.07 bits per heavy atom. The highest BCUT2D eigenvalue weighted by Gasteiger charge is 1.98. The van der Waals surface area contributed by atoms with Crippen molar-refractivity contribution in [2.24, 2.45) is 0 Å². The van der Waals surface area contributed by atoms with Gasteiger partial charge in [0.15, 0.2) is 0 Å². The Kier molecular flexibility index (Phi) is 10.3. The van der Waals surface area contributed by atoms with Gasteiger partial charge in [-0.05, 0) is 59.5 Å². The molecule has 96 valence electrons. The molecule has 0 fully saturated rings. The van der Waals surface area contributed by atoms with Gasteiger partial charge in [-0.1, -0.05) is 13.8 Å². The van der Waals surface area contributed by atoms with Crippen molar-refractivity contribution in [2.45, 2.75) is 39.2 Å². The van der Waals surface area contributed by atoms with Crippen LogP contribution in [0.25, 0.3) is 0 Å². The van der Waals surface area contributed by atoms with Crippen molar-refractivity contribution in [3.05, 3.63) is 0 Å². The molecule has 0 bridgehead atoms. The molecule has 0 unspecified atom stereocenters. The van der Waals surface area contributed by atoms with E-state index in [0.717, 1.165) is 13.1 Å². The minimum absolute atomic E-state index is 0. The van der Waals surface area contributed by atoms with Crippen molar-refractivity contribution in [3.63, 3.8) is 0 Å². The summed E-state index contributed by atoms with van der Waals surface area (Å²) in [7, 11) is 4.23. The quantitative estimate of drug-likeness (QED) is 0.549. The van der Waals surface area contributed by atoms with E-state index in [9.17, 15) is 0 Å². The molecule has 0 saturated heterocycles. The van der Waals surface area contributed by atoms with Gasteiger partial charge in [0.1, 0.15) is 0 Å². The number of hydrogen-bond donors (Lipinski definition) is 2. The average molecular weight is 219 g/mol. The lowest BCUT2D eigenvalue weighted by Crippen LogP contribution is -2.28. The molecule has 15 heavy (non-hydrogen) atoms. The van der Waals surface area contributed by atoms with Gasteiger partial charge < -0.3 is 15.5 Å². The summed E-state index contributed by atoms with van der Waals surface area (Å²) in [5.74, 6) is 0. The Hall–Kier alpha value is -0.120. The maximum atomic E-state index is 3.44. The minimum atomic E-state index is 0. The molecule has 0 aromatic heterocycles. The fraction of sp³-hybridized carbons (Fsp3) is 1.00. The fourth-order valence-corrected chi connectivity index (χ4v) is 1.54. The van der Waals surface area contributed by atoms with Gasteiger partial charge in [0.25, 0.3) is 0 Å². The van der Waals surface area contributed by atoms with Gasteiger partial charge in [-0.25, -0.2) is 0 Å². The number of hydrogen-bond acceptors (Lipinski definition) is 3. The normalized spacial score (nSPS) is 11.6. The standard InChI is InChI=1S/C12H29N3.2H2/c1-12(2)14-9-7-11-15(4)10-6-5-8-13-3;;/h12-14H,5-11H2,1-4H3;2*1H. The molecule has 0 spiro atoms. The van der Waals surface area contributed by atoms with Gasteiger partial charge in [0, 0.05) is 8.90 Å². The van der Waals surface area contributed by atoms with E-state index < -0.39 is 0 Å². The third kappa shape index (κ3) is 11.8. The van der Waals surface area contributed by atoms with Gasteiger partial charge in [0.2, 0.25) is 0 Å². The van der Waals surface area contributed by atoms with Crippen molar-refractivity contribution in [1.29, 1.82) is 0 Å². The minimum Gasteiger partial charge on any atom is -0.320 e. The number of rotatable bonds is 10. The Balaban J connectivity index is -0.000000980. The summed E-state index contributed by atoms with van der Waals surface area (Å²) in [5, 5.41) is 6.62. The summed E-state index contributed by atoms with van der Waals surface area (Å²) >= 11 is 0. The van der Waals surface area contributed by atoms with Gasteiger partial charge in [-0.2, -0.15) is 0 Å². The zero-order valence-electron chi connectivity index (χ0n) is 11.0. The first-order valence-corrected chi connectivity index (χ1v) is 6.23. The Morgan fingerprint density at radius 3 is 2.33 bits per heavy atom. The first kappa shape index (κ1) is 14.9. The summed E-state index contributed by atoms with van der Waals surface area (Å²) in [6, 6.07) is 0.617. The molecule has 0 rings (SSSR count). The third-order valence-electron chi connectivity index (χ3n) is 2.49. The van der Waals surface area contributed by atoms with Gasteiger partial charge in [-0.15, -0.1) is 0 Å². The molecule has 0 saturated carbocycles. The zero-order chi connectivity index (χ0) is 11.5. The second-order valence-electron chi connectivity index (χ2n) is 4.58. The maximum absolute atomic E-state index is 3.44. The molecule has 0 aliphatic heterocycles. The second-order valence-corrected chi connectivity index (χ2v) is 4.58. The highest BCUT2D eigenvalue weighted by Crippen LogP contribution is 1.93. The fourth-order valence-electron chi connectivity index (χ4n) is 1.54. The first-order valence-electron chi connectivity index (χ1n) is 6.23. The highest BCUT2D eigenvalue weighted by atomic mass is 15.1. The predicted molar refractivity (Wildman–Crippen MR) is 72.6 cm³/mol. The third-order valence-corrected chi connectivity index (χ3v) is 2.49. The van der Waals surface area contributed by atoms with Crippen molar-refractivity contribution in [2.75, 3.05) is 40.3 Å². The molecular weight excluding hydrogens is 186 g/mol. The van der Waals surface area contributed by atoms with Gasteiger partial charge in [-0.3, -0.25) is 0 Å². The van der Waals surface area contributed by atoms with Crippen molar-refractivity contribution in [1.82, 2.24) is 15.5 Å². The van der Waals surface area contributed by atoms with E-state index in [0.29, 0.717) is 6.04 Å². The second kappa shape index (κ2) is 10.4. The van der Waals surface area contributed by atoms with Crippen LogP contribution in [0, 0.1) is 0 Å². The van der Waals surface area contributed by atoms with Crippen LogP contribution in [0.3, 0.4) is 0 Å². The van der Waals surface area contributed by atoms with E-state index in [1.165, 1.54) is 32.4 Å². The highest BCUT2D eigenvalue weighted by molar-refractivity contribution is 4.57. The Bertz CT molecular complexity index is 135. The van der Waals surface area contributed by atoms with Crippen molar-refractivity contribution in [3.8, 4) is 0 Å². The largest absolute Gasteiger partial charge is 0.320 e. The number of nitrogens with zero attached hydrogens (tertiary/aromatic N) is 1. The van der Waals surface area contributed by atoms with Crippen LogP contribution in [0.4, 0.5) is 0 Å². The van der Waals surface area contributed by atoms with Crippen LogP contribution in [0.15, 0.2) is 0 Å². The van der Waals surface area contributed by atoms with E-state index in [1.807, 2.05) is 7.05 Å². The van der Waals surface area contributed by atoms with E-state index in [4.69, 9.17) is 0 Å². The van der Waals surface area contributed by atoms with Crippen LogP contribution < -0.4 is 10.6 Å². The number of nitrogens with one attached hydrogen (secondary N) is 2. The lowest BCUT2D eigenvalue weighted by molar-refractivity contribution is 0.317. The molecule has 3 heteroatoms. The number of unbranched alkanes of at least 4 members (excludes halogenated alkanes) is 1. The maximum Gasteiger partial charge on any atom is 0.00103 e. The summed E-state index contributed by atoms with van der Waals surface area (Å²) in [6.07, 6.45) is 3.83.